The Kier molecular flexibility index (Phi) is 5.43. The third-order valence-corrected chi connectivity index (χ3v) is 4.57. The monoisotopic (exact) mass is 282 g/mol. The molecule has 0 aromatic heterocycles. The quantitative estimate of drug-likeness (QED) is 0.904. The maximum atomic E-state index is 6.23. The first-order valence-corrected chi connectivity index (χ1v) is 7.24. The van der Waals surface area contributed by atoms with Crippen molar-refractivity contribution >= 4 is 11.6 Å². The molecular weight excluding hydrogens is 256 g/mol. The van der Waals surface area contributed by atoms with E-state index in [2.05, 4.69) is 51.8 Å². The van der Waals surface area contributed by atoms with Crippen LogP contribution in [0.4, 0.5) is 0 Å². The van der Waals surface area contributed by atoms with E-state index >= 15 is 0 Å². The van der Waals surface area contributed by atoms with Crippen LogP contribution in [0.1, 0.15) is 44.9 Å². The normalized spacial score (nSPS) is 15.6. The number of halogens is 1. The number of nitrogens with zero attached hydrogens (tertiary/aromatic N) is 1. The zero-order valence-corrected chi connectivity index (χ0v) is 13.8. The second kappa shape index (κ2) is 6.25. The van der Waals surface area contributed by atoms with Crippen LogP contribution in [0.2, 0.25) is 5.02 Å². The van der Waals surface area contributed by atoms with Crippen LogP contribution in [0.5, 0.6) is 0 Å². The molecule has 0 spiro atoms. The van der Waals surface area contributed by atoms with E-state index in [0.29, 0.717) is 12.6 Å². The summed E-state index contributed by atoms with van der Waals surface area (Å²) >= 11 is 6.23. The molecule has 0 heterocycles. The van der Waals surface area contributed by atoms with Gasteiger partial charge in [-0.25, -0.2) is 0 Å². The van der Waals surface area contributed by atoms with Gasteiger partial charge in [-0.05, 0) is 43.5 Å². The molecule has 0 aliphatic carbocycles. The Morgan fingerprint density at radius 1 is 1.32 bits per heavy atom. The van der Waals surface area contributed by atoms with Crippen molar-refractivity contribution in [1.29, 1.82) is 0 Å². The smallest absolute Gasteiger partial charge is 0.0470 e. The second-order valence-corrected chi connectivity index (χ2v) is 6.87. The molecule has 3 heteroatoms. The van der Waals surface area contributed by atoms with Crippen molar-refractivity contribution in [3.63, 3.8) is 0 Å². The van der Waals surface area contributed by atoms with Gasteiger partial charge in [0.25, 0.3) is 0 Å². The highest BCUT2D eigenvalue weighted by Crippen LogP contribution is 2.31. The van der Waals surface area contributed by atoms with E-state index in [1.54, 1.807) is 0 Å². The molecule has 0 saturated heterocycles. The average molecular weight is 283 g/mol. The average Bonchev–Trinajstić information content (AvgIpc) is 2.32. The van der Waals surface area contributed by atoms with Gasteiger partial charge in [0.15, 0.2) is 0 Å². The van der Waals surface area contributed by atoms with Crippen molar-refractivity contribution in [2.45, 2.75) is 46.7 Å². The van der Waals surface area contributed by atoms with E-state index in [4.69, 9.17) is 17.3 Å². The summed E-state index contributed by atoms with van der Waals surface area (Å²) in [6.45, 7) is 11.6. The van der Waals surface area contributed by atoms with Gasteiger partial charge in [0.1, 0.15) is 0 Å². The van der Waals surface area contributed by atoms with Crippen LogP contribution in [0.15, 0.2) is 18.2 Å². The summed E-state index contributed by atoms with van der Waals surface area (Å²) in [6.07, 6.45) is 0. The first-order valence-electron chi connectivity index (χ1n) is 6.86. The molecule has 0 aliphatic rings. The highest BCUT2D eigenvalue weighted by molar-refractivity contribution is 6.31. The molecule has 1 rings (SSSR count). The Morgan fingerprint density at radius 2 is 1.89 bits per heavy atom. The van der Waals surface area contributed by atoms with E-state index in [-0.39, 0.29) is 11.5 Å². The highest BCUT2D eigenvalue weighted by atomic mass is 35.5. The minimum atomic E-state index is 0.201. The summed E-state index contributed by atoms with van der Waals surface area (Å²) in [4.78, 5) is 2.35. The number of benzene rings is 1. The fourth-order valence-corrected chi connectivity index (χ4v) is 2.42. The number of likely N-dealkylation sites (N-methyl/N-ethyl adjacent to an activating group) is 1. The van der Waals surface area contributed by atoms with Gasteiger partial charge in [0.05, 0.1) is 0 Å². The van der Waals surface area contributed by atoms with Crippen molar-refractivity contribution in [3.05, 3.63) is 34.3 Å². The molecule has 0 amide bonds. The third-order valence-electron chi connectivity index (χ3n) is 4.16. The molecule has 2 N–H and O–H groups in total. The standard InChI is InChI=1S/C16H27ClN2/c1-11-7-8-13(9-14(11)17)15(10-18)19(6)12(2)16(3,4)5/h7-9,12,15H,10,18H2,1-6H3. The molecule has 0 bridgehead atoms. The van der Waals surface area contributed by atoms with Crippen molar-refractivity contribution < 1.29 is 0 Å². The van der Waals surface area contributed by atoms with Gasteiger partial charge < -0.3 is 5.73 Å². The third kappa shape index (κ3) is 3.95. The summed E-state index contributed by atoms with van der Waals surface area (Å²) in [5, 5.41) is 0.813. The number of nitrogens with two attached hydrogens (primary N) is 1. The van der Waals surface area contributed by atoms with E-state index in [0.717, 1.165) is 10.6 Å². The first-order chi connectivity index (χ1) is 8.68. The largest absolute Gasteiger partial charge is 0.329 e. The number of rotatable bonds is 4. The van der Waals surface area contributed by atoms with E-state index in [9.17, 15) is 0 Å². The lowest BCUT2D eigenvalue weighted by atomic mass is 9.86. The maximum Gasteiger partial charge on any atom is 0.0470 e. The molecule has 19 heavy (non-hydrogen) atoms. The van der Waals surface area contributed by atoms with Crippen LogP contribution in [0, 0.1) is 12.3 Å². The second-order valence-electron chi connectivity index (χ2n) is 6.47. The lowest BCUT2D eigenvalue weighted by Gasteiger charge is -2.40. The Labute approximate surface area is 122 Å². The Balaban J connectivity index is 3.03. The number of hydrogen-bond donors (Lipinski definition) is 1. The summed E-state index contributed by atoms with van der Waals surface area (Å²) in [7, 11) is 2.14. The zero-order chi connectivity index (χ0) is 14.8. The molecule has 1 aromatic carbocycles. The van der Waals surface area contributed by atoms with E-state index < -0.39 is 0 Å². The highest BCUT2D eigenvalue weighted by Gasteiger charge is 2.28. The van der Waals surface area contributed by atoms with Gasteiger partial charge in [0.2, 0.25) is 0 Å². The van der Waals surface area contributed by atoms with Crippen LogP contribution >= 0.6 is 11.6 Å². The zero-order valence-electron chi connectivity index (χ0n) is 13.0. The summed E-state index contributed by atoms with van der Waals surface area (Å²) in [6, 6.07) is 6.87. The molecule has 0 aliphatic heterocycles. The van der Waals surface area contributed by atoms with Gasteiger partial charge in [-0.2, -0.15) is 0 Å². The minimum absolute atomic E-state index is 0.201. The Morgan fingerprint density at radius 3 is 2.32 bits per heavy atom. The van der Waals surface area contributed by atoms with Crippen molar-refractivity contribution in [3.8, 4) is 0 Å². The van der Waals surface area contributed by atoms with Crippen LogP contribution in [-0.4, -0.2) is 24.5 Å². The first kappa shape index (κ1) is 16.5. The van der Waals surface area contributed by atoms with Crippen LogP contribution in [0.25, 0.3) is 0 Å². The van der Waals surface area contributed by atoms with Gasteiger partial charge in [-0.15, -0.1) is 0 Å². The molecule has 108 valence electrons. The predicted molar refractivity (Wildman–Crippen MR) is 84.7 cm³/mol. The Bertz CT molecular complexity index is 423. The molecule has 1 aromatic rings. The van der Waals surface area contributed by atoms with Crippen molar-refractivity contribution in [1.82, 2.24) is 4.90 Å². The molecule has 0 saturated carbocycles. The summed E-state index contributed by atoms with van der Waals surface area (Å²) in [5.74, 6) is 0. The van der Waals surface area contributed by atoms with Crippen LogP contribution in [0.3, 0.4) is 0 Å². The van der Waals surface area contributed by atoms with Crippen molar-refractivity contribution in [2.75, 3.05) is 13.6 Å². The molecule has 0 radical (unpaired) electrons. The van der Waals surface area contributed by atoms with Crippen LogP contribution in [-0.2, 0) is 0 Å². The predicted octanol–water partition coefficient (Wildman–Crippen LogP) is 4.01. The van der Waals surface area contributed by atoms with E-state index in [1.807, 2.05) is 13.0 Å². The van der Waals surface area contributed by atoms with Crippen molar-refractivity contribution in [2.24, 2.45) is 11.1 Å². The van der Waals surface area contributed by atoms with Gasteiger partial charge in [-0.3, -0.25) is 4.90 Å². The SMILES string of the molecule is Cc1ccc(C(CN)N(C)C(C)C(C)(C)C)cc1Cl. The topological polar surface area (TPSA) is 29.3 Å². The van der Waals surface area contributed by atoms with Crippen LogP contribution < -0.4 is 5.73 Å². The molecule has 2 nitrogen and oxygen atoms in total. The fraction of sp³-hybridized carbons (Fsp3) is 0.625. The number of hydrogen-bond acceptors (Lipinski definition) is 2. The summed E-state index contributed by atoms with van der Waals surface area (Å²) in [5.41, 5.74) is 8.50. The molecule has 2 atom stereocenters. The van der Waals surface area contributed by atoms with Gasteiger partial charge in [0, 0.05) is 23.7 Å². The van der Waals surface area contributed by atoms with Gasteiger partial charge in [-0.1, -0.05) is 44.5 Å². The Hall–Kier alpha value is -0.570. The molecule has 0 fully saturated rings. The summed E-state index contributed by atoms with van der Waals surface area (Å²) < 4.78 is 0. The molecular formula is C16H27ClN2. The minimum Gasteiger partial charge on any atom is -0.329 e. The van der Waals surface area contributed by atoms with E-state index in [1.165, 1.54) is 5.56 Å². The lowest BCUT2D eigenvalue weighted by molar-refractivity contribution is 0.100. The lowest BCUT2D eigenvalue weighted by Crippen LogP contribution is -2.43. The maximum absolute atomic E-state index is 6.23. The fourth-order valence-electron chi connectivity index (χ4n) is 2.23. The molecule has 2 unspecified atom stereocenters. The van der Waals surface area contributed by atoms with Gasteiger partial charge >= 0.3 is 0 Å². The number of aryl methyl sites for hydroxylation is 1.